The Balaban J connectivity index is 1.55. The van der Waals surface area contributed by atoms with E-state index in [1.807, 2.05) is 24.3 Å². The SMILES string of the molecule is O=C(O)[C@@H]1C[C@@H]2CCCC[C@@H]2N1Cc1ncc(-c2cccc(Cl)c2)o1. The Bertz CT molecular complexity index is 776. The van der Waals surface area contributed by atoms with Gasteiger partial charge in [0.05, 0.1) is 12.7 Å². The molecule has 132 valence electrons. The van der Waals surface area contributed by atoms with Crippen LogP contribution in [0.4, 0.5) is 0 Å². The molecule has 2 aliphatic rings. The minimum atomic E-state index is -0.740. The Hall–Kier alpha value is -1.85. The van der Waals surface area contributed by atoms with Crippen LogP contribution < -0.4 is 0 Å². The molecule has 5 nitrogen and oxygen atoms in total. The summed E-state index contributed by atoms with van der Waals surface area (Å²) in [4.78, 5) is 18.2. The molecule has 2 fully saturated rings. The molecule has 0 bridgehead atoms. The number of likely N-dealkylation sites (tertiary alicyclic amines) is 1. The molecule has 2 aromatic rings. The first-order valence-electron chi connectivity index (χ1n) is 8.81. The number of nitrogens with zero attached hydrogens (tertiary/aromatic N) is 2. The largest absolute Gasteiger partial charge is 0.480 e. The average molecular weight is 361 g/mol. The van der Waals surface area contributed by atoms with Crippen molar-refractivity contribution in [3.05, 3.63) is 41.4 Å². The van der Waals surface area contributed by atoms with Gasteiger partial charge in [-0.3, -0.25) is 9.69 Å². The zero-order valence-electron chi connectivity index (χ0n) is 13.9. The van der Waals surface area contributed by atoms with Crippen LogP contribution >= 0.6 is 11.6 Å². The Kier molecular flexibility index (Phi) is 4.52. The molecule has 0 unspecified atom stereocenters. The molecular weight excluding hydrogens is 340 g/mol. The number of carbonyl (C=O) groups is 1. The van der Waals surface area contributed by atoms with Crippen LogP contribution in [0.1, 0.15) is 38.0 Å². The third-order valence-electron chi connectivity index (χ3n) is 5.49. The maximum atomic E-state index is 11.7. The first-order chi connectivity index (χ1) is 12.1. The van der Waals surface area contributed by atoms with Gasteiger partial charge in [-0.05, 0) is 37.3 Å². The number of benzene rings is 1. The van der Waals surface area contributed by atoms with E-state index in [0.717, 1.165) is 24.8 Å². The van der Waals surface area contributed by atoms with Crippen LogP contribution in [0, 0.1) is 5.92 Å². The summed E-state index contributed by atoms with van der Waals surface area (Å²) in [7, 11) is 0. The van der Waals surface area contributed by atoms with E-state index in [9.17, 15) is 9.90 Å². The molecule has 1 aliphatic carbocycles. The number of hydrogen-bond acceptors (Lipinski definition) is 4. The fraction of sp³-hybridized carbons (Fsp3) is 0.474. The maximum absolute atomic E-state index is 11.7. The van der Waals surface area contributed by atoms with E-state index in [4.69, 9.17) is 16.0 Å². The summed E-state index contributed by atoms with van der Waals surface area (Å²) in [6.45, 7) is 0.443. The van der Waals surface area contributed by atoms with Gasteiger partial charge in [0.1, 0.15) is 6.04 Å². The van der Waals surface area contributed by atoms with Gasteiger partial charge in [0, 0.05) is 16.6 Å². The van der Waals surface area contributed by atoms with Crippen LogP contribution in [0.25, 0.3) is 11.3 Å². The second kappa shape index (κ2) is 6.81. The lowest BCUT2D eigenvalue weighted by molar-refractivity contribution is -0.143. The molecule has 6 heteroatoms. The lowest BCUT2D eigenvalue weighted by Crippen LogP contribution is -2.41. The highest BCUT2D eigenvalue weighted by molar-refractivity contribution is 6.30. The molecule has 25 heavy (non-hydrogen) atoms. The molecule has 1 saturated heterocycles. The molecular formula is C19H21ClN2O3. The van der Waals surface area contributed by atoms with Crippen molar-refractivity contribution in [1.82, 2.24) is 9.88 Å². The van der Waals surface area contributed by atoms with Gasteiger partial charge < -0.3 is 9.52 Å². The molecule has 0 radical (unpaired) electrons. The number of oxazole rings is 1. The van der Waals surface area contributed by atoms with Crippen molar-refractivity contribution in [2.75, 3.05) is 0 Å². The molecule has 1 aromatic carbocycles. The van der Waals surface area contributed by atoms with Crippen LogP contribution in [0.3, 0.4) is 0 Å². The zero-order chi connectivity index (χ0) is 17.4. The van der Waals surface area contributed by atoms with Crippen molar-refractivity contribution in [1.29, 1.82) is 0 Å². The highest BCUT2D eigenvalue weighted by atomic mass is 35.5. The highest BCUT2D eigenvalue weighted by Gasteiger charge is 2.45. The highest BCUT2D eigenvalue weighted by Crippen LogP contribution is 2.40. The van der Waals surface area contributed by atoms with Gasteiger partial charge in [0.15, 0.2) is 5.76 Å². The van der Waals surface area contributed by atoms with Gasteiger partial charge in [0.2, 0.25) is 5.89 Å². The summed E-state index contributed by atoms with van der Waals surface area (Å²) < 4.78 is 5.89. The van der Waals surface area contributed by atoms with E-state index in [2.05, 4.69) is 9.88 Å². The number of halogens is 1. The van der Waals surface area contributed by atoms with Crippen LogP contribution in [0.15, 0.2) is 34.9 Å². The molecule has 3 atom stereocenters. The van der Waals surface area contributed by atoms with E-state index in [-0.39, 0.29) is 0 Å². The average Bonchev–Trinajstić information content (AvgIpc) is 3.21. The van der Waals surface area contributed by atoms with Crippen LogP contribution in [0.2, 0.25) is 5.02 Å². The van der Waals surface area contributed by atoms with Gasteiger partial charge in [-0.15, -0.1) is 0 Å². The van der Waals surface area contributed by atoms with Gasteiger partial charge in [-0.1, -0.05) is 36.6 Å². The molecule has 1 N–H and O–H groups in total. The Labute approximate surface area is 151 Å². The lowest BCUT2D eigenvalue weighted by Gasteiger charge is -2.32. The zero-order valence-corrected chi connectivity index (χ0v) is 14.7. The minimum Gasteiger partial charge on any atom is -0.480 e. The van der Waals surface area contributed by atoms with Crippen molar-refractivity contribution in [2.24, 2.45) is 5.92 Å². The standard InChI is InChI=1S/C19H21ClN2O3/c20-14-6-3-5-13(8-14)17-10-21-18(25-17)11-22-15-7-2-1-4-12(15)9-16(22)19(23)24/h3,5-6,8,10,12,15-16H,1-2,4,7,9,11H2,(H,23,24)/t12-,15-,16-/m0/s1. The van der Waals surface area contributed by atoms with Crippen LogP contribution in [-0.4, -0.2) is 33.0 Å². The summed E-state index contributed by atoms with van der Waals surface area (Å²) >= 11 is 6.03. The van der Waals surface area contributed by atoms with E-state index in [1.165, 1.54) is 12.8 Å². The van der Waals surface area contributed by atoms with Crippen LogP contribution in [-0.2, 0) is 11.3 Å². The van der Waals surface area contributed by atoms with Gasteiger partial charge >= 0.3 is 5.97 Å². The Morgan fingerprint density at radius 3 is 3.00 bits per heavy atom. The number of hydrogen-bond donors (Lipinski definition) is 1. The predicted octanol–water partition coefficient (Wildman–Crippen LogP) is 4.21. The number of carboxylic acid groups (broad SMARTS) is 1. The fourth-order valence-corrected chi connectivity index (χ4v) is 4.53. The summed E-state index contributed by atoms with van der Waals surface area (Å²) in [5, 5.41) is 10.3. The number of fused-ring (bicyclic) bond motifs is 1. The fourth-order valence-electron chi connectivity index (χ4n) is 4.34. The van der Waals surface area contributed by atoms with Gasteiger partial charge in [-0.25, -0.2) is 4.98 Å². The quantitative estimate of drug-likeness (QED) is 0.884. The predicted molar refractivity (Wildman–Crippen MR) is 94.3 cm³/mol. The number of carboxylic acids is 1. The number of aromatic nitrogens is 1. The number of aliphatic carboxylic acids is 1. The van der Waals surface area contributed by atoms with E-state index >= 15 is 0 Å². The van der Waals surface area contributed by atoms with Crippen LogP contribution in [0.5, 0.6) is 0 Å². The normalized spacial score (nSPS) is 26.5. The smallest absolute Gasteiger partial charge is 0.320 e. The monoisotopic (exact) mass is 360 g/mol. The molecule has 0 amide bonds. The molecule has 4 rings (SSSR count). The van der Waals surface area contributed by atoms with Crippen molar-refractivity contribution < 1.29 is 14.3 Å². The Morgan fingerprint density at radius 1 is 1.36 bits per heavy atom. The third kappa shape index (κ3) is 3.31. The molecule has 1 saturated carbocycles. The Morgan fingerprint density at radius 2 is 2.20 bits per heavy atom. The van der Waals surface area contributed by atoms with Crippen molar-refractivity contribution in [3.63, 3.8) is 0 Å². The second-order valence-corrected chi connectivity index (χ2v) is 7.44. The van der Waals surface area contributed by atoms with E-state index in [1.54, 1.807) is 6.20 Å². The van der Waals surface area contributed by atoms with Crippen molar-refractivity contribution in [3.8, 4) is 11.3 Å². The minimum absolute atomic E-state index is 0.330. The first-order valence-corrected chi connectivity index (χ1v) is 9.19. The molecule has 0 spiro atoms. The summed E-state index contributed by atoms with van der Waals surface area (Å²) in [6, 6.07) is 7.33. The summed E-state index contributed by atoms with van der Waals surface area (Å²) in [6.07, 6.45) is 7.00. The molecule has 1 aliphatic heterocycles. The number of rotatable bonds is 4. The topological polar surface area (TPSA) is 66.6 Å². The third-order valence-corrected chi connectivity index (χ3v) is 5.72. The first kappa shape index (κ1) is 16.6. The van der Waals surface area contributed by atoms with Gasteiger partial charge in [-0.2, -0.15) is 0 Å². The molecule has 2 heterocycles. The molecule has 1 aromatic heterocycles. The van der Waals surface area contributed by atoms with E-state index in [0.29, 0.717) is 35.2 Å². The second-order valence-electron chi connectivity index (χ2n) is 7.00. The lowest BCUT2D eigenvalue weighted by atomic mass is 9.85. The van der Waals surface area contributed by atoms with Crippen molar-refractivity contribution in [2.45, 2.75) is 50.7 Å². The van der Waals surface area contributed by atoms with Gasteiger partial charge in [0.25, 0.3) is 0 Å². The maximum Gasteiger partial charge on any atom is 0.320 e. The summed E-state index contributed by atoms with van der Waals surface area (Å²) in [5.74, 6) is 0.962. The van der Waals surface area contributed by atoms with Crippen molar-refractivity contribution >= 4 is 17.6 Å². The van der Waals surface area contributed by atoms with E-state index < -0.39 is 12.0 Å². The summed E-state index contributed by atoms with van der Waals surface area (Å²) in [5.41, 5.74) is 0.873.